The molecule has 94 valence electrons. The molecule has 0 saturated carbocycles. The average molecular weight is 256 g/mol. The summed E-state index contributed by atoms with van der Waals surface area (Å²) in [4.78, 5) is 12.6. The molecule has 1 atom stereocenters. The van der Waals surface area contributed by atoms with Gasteiger partial charge in [0.1, 0.15) is 0 Å². The van der Waals surface area contributed by atoms with E-state index in [-0.39, 0.29) is 12.5 Å². The molecule has 1 N–H and O–H groups in total. The number of nitrogens with zero attached hydrogens (tertiary/aromatic N) is 1. The molecular formula is C13H18ClNO2. The maximum absolute atomic E-state index is 10.6. The van der Waals surface area contributed by atoms with E-state index in [0.717, 1.165) is 18.0 Å². The zero-order chi connectivity index (χ0) is 12.8. The zero-order valence-electron chi connectivity index (χ0n) is 10.2. The van der Waals surface area contributed by atoms with Gasteiger partial charge in [-0.3, -0.25) is 4.79 Å². The number of halogens is 1. The summed E-state index contributed by atoms with van der Waals surface area (Å²) >= 11 is 5.81. The molecule has 4 heteroatoms. The van der Waals surface area contributed by atoms with E-state index in [2.05, 4.69) is 4.90 Å². The van der Waals surface area contributed by atoms with Crippen LogP contribution in [0.3, 0.4) is 0 Å². The molecule has 0 heterocycles. The molecule has 17 heavy (non-hydrogen) atoms. The Bertz CT molecular complexity index is 364. The van der Waals surface area contributed by atoms with Crippen LogP contribution in [0.5, 0.6) is 0 Å². The van der Waals surface area contributed by atoms with Crippen molar-refractivity contribution in [2.45, 2.75) is 25.8 Å². The lowest BCUT2D eigenvalue weighted by molar-refractivity contribution is -0.138. The molecule has 3 nitrogen and oxygen atoms in total. The monoisotopic (exact) mass is 255 g/mol. The van der Waals surface area contributed by atoms with Gasteiger partial charge in [0.05, 0.1) is 6.42 Å². The van der Waals surface area contributed by atoms with Crippen molar-refractivity contribution in [3.8, 4) is 0 Å². The Labute approximate surface area is 107 Å². The molecule has 0 aliphatic carbocycles. The Balaban J connectivity index is 2.39. The van der Waals surface area contributed by atoms with Crippen molar-refractivity contribution in [3.05, 3.63) is 34.9 Å². The summed E-state index contributed by atoms with van der Waals surface area (Å²) in [7, 11) is 1.95. The summed E-state index contributed by atoms with van der Waals surface area (Å²) in [5.74, 6) is -0.754. The third-order valence-electron chi connectivity index (χ3n) is 2.89. The first-order valence-electron chi connectivity index (χ1n) is 5.65. The highest BCUT2D eigenvalue weighted by Gasteiger charge is 2.12. The fourth-order valence-electron chi connectivity index (χ4n) is 1.59. The number of aliphatic carboxylic acids is 1. The molecule has 0 aliphatic heterocycles. The third kappa shape index (κ3) is 5.20. The largest absolute Gasteiger partial charge is 0.481 e. The predicted molar refractivity (Wildman–Crippen MR) is 69.5 cm³/mol. The van der Waals surface area contributed by atoms with Crippen LogP contribution >= 0.6 is 11.6 Å². The number of hydrogen-bond acceptors (Lipinski definition) is 2. The molecule has 0 spiro atoms. The minimum atomic E-state index is -0.754. The highest BCUT2D eigenvalue weighted by Crippen LogP contribution is 2.11. The van der Waals surface area contributed by atoms with Gasteiger partial charge in [-0.15, -0.1) is 0 Å². The topological polar surface area (TPSA) is 40.5 Å². The van der Waals surface area contributed by atoms with E-state index in [4.69, 9.17) is 16.7 Å². The van der Waals surface area contributed by atoms with Crippen molar-refractivity contribution in [2.24, 2.45) is 0 Å². The van der Waals surface area contributed by atoms with Gasteiger partial charge >= 0.3 is 5.97 Å². The summed E-state index contributed by atoms with van der Waals surface area (Å²) in [6.07, 6.45) is 1.08. The Morgan fingerprint density at radius 1 is 1.41 bits per heavy atom. The number of carboxylic acid groups (broad SMARTS) is 1. The van der Waals surface area contributed by atoms with Gasteiger partial charge in [0.2, 0.25) is 0 Å². The van der Waals surface area contributed by atoms with Crippen molar-refractivity contribution in [1.29, 1.82) is 0 Å². The number of hydrogen-bond donors (Lipinski definition) is 1. The summed E-state index contributed by atoms with van der Waals surface area (Å²) < 4.78 is 0. The molecule has 0 aliphatic rings. The fourth-order valence-corrected chi connectivity index (χ4v) is 1.71. The minimum absolute atomic E-state index is 0.0554. The molecule has 1 unspecified atom stereocenters. The van der Waals surface area contributed by atoms with Crippen LogP contribution in [0.2, 0.25) is 5.02 Å². The molecule has 1 aromatic carbocycles. The standard InChI is InChI=1S/C13H18ClNO2/c1-10(9-13(16)17)15(2)8-7-11-3-5-12(14)6-4-11/h3-6,10H,7-9H2,1-2H3,(H,16,17). The van der Waals surface area contributed by atoms with Gasteiger partial charge in [-0.1, -0.05) is 23.7 Å². The maximum atomic E-state index is 10.6. The van der Waals surface area contributed by atoms with E-state index in [0.29, 0.717) is 0 Å². The molecule has 0 bridgehead atoms. The minimum Gasteiger partial charge on any atom is -0.481 e. The maximum Gasteiger partial charge on any atom is 0.304 e. The number of likely N-dealkylation sites (N-methyl/N-ethyl adjacent to an activating group) is 1. The molecule has 0 amide bonds. The van der Waals surface area contributed by atoms with Crippen molar-refractivity contribution in [3.63, 3.8) is 0 Å². The smallest absolute Gasteiger partial charge is 0.304 e. The molecule has 0 fully saturated rings. The van der Waals surface area contributed by atoms with Gasteiger partial charge in [-0.25, -0.2) is 0 Å². The number of benzene rings is 1. The summed E-state index contributed by atoms with van der Waals surface area (Å²) in [6, 6.07) is 7.80. The van der Waals surface area contributed by atoms with Crippen LogP contribution < -0.4 is 0 Å². The fraction of sp³-hybridized carbons (Fsp3) is 0.462. The van der Waals surface area contributed by atoms with Crippen LogP contribution in [-0.4, -0.2) is 35.6 Å². The van der Waals surface area contributed by atoms with Crippen LogP contribution in [0, 0.1) is 0 Å². The van der Waals surface area contributed by atoms with Gasteiger partial charge in [0.25, 0.3) is 0 Å². The third-order valence-corrected chi connectivity index (χ3v) is 3.14. The summed E-state index contributed by atoms with van der Waals surface area (Å²) in [6.45, 7) is 2.77. The van der Waals surface area contributed by atoms with Gasteiger partial charge in [0, 0.05) is 17.6 Å². The molecule has 0 saturated heterocycles. The van der Waals surface area contributed by atoms with Crippen molar-refractivity contribution in [2.75, 3.05) is 13.6 Å². The number of rotatable bonds is 6. The Hall–Kier alpha value is -1.06. The predicted octanol–water partition coefficient (Wildman–Crippen LogP) is 2.68. The lowest BCUT2D eigenvalue weighted by atomic mass is 10.1. The molecule has 0 aromatic heterocycles. The molecular weight excluding hydrogens is 238 g/mol. The number of carboxylic acids is 1. The van der Waals surface area contributed by atoms with Crippen LogP contribution in [0.4, 0.5) is 0 Å². The Morgan fingerprint density at radius 2 is 2.00 bits per heavy atom. The molecule has 1 aromatic rings. The molecule has 0 radical (unpaired) electrons. The van der Waals surface area contributed by atoms with Gasteiger partial charge in [0.15, 0.2) is 0 Å². The first kappa shape index (κ1) is 14.0. The van der Waals surface area contributed by atoms with Crippen LogP contribution in [0.25, 0.3) is 0 Å². The van der Waals surface area contributed by atoms with Crippen molar-refractivity contribution >= 4 is 17.6 Å². The molecule has 1 rings (SSSR count). The van der Waals surface area contributed by atoms with Crippen molar-refractivity contribution in [1.82, 2.24) is 4.90 Å². The van der Waals surface area contributed by atoms with Gasteiger partial charge < -0.3 is 10.0 Å². The van der Waals surface area contributed by atoms with E-state index in [1.165, 1.54) is 5.56 Å². The second-order valence-corrected chi connectivity index (χ2v) is 4.74. The second kappa shape index (κ2) is 6.62. The van der Waals surface area contributed by atoms with E-state index < -0.39 is 5.97 Å². The van der Waals surface area contributed by atoms with E-state index in [1.54, 1.807) is 0 Å². The highest BCUT2D eigenvalue weighted by molar-refractivity contribution is 6.30. The quantitative estimate of drug-likeness (QED) is 0.850. The average Bonchev–Trinajstić information content (AvgIpc) is 2.27. The van der Waals surface area contributed by atoms with Crippen LogP contribution in [-0.2, 0) is 11.2 Å². The number of carbonyl (C=O) groups is 1. The first-order chi connectivity index (χ1) is 7.99. The first-order valence-corrected chi connectivity index (χ1v) is 6.03. The highest BCUT2D eigenvalue weighted by atomic mass is 35.5. The second-order valence-electron chi connectivity index (χ2n) is 4.30. The van der Waals surface area contributed by atoms with E-state index in [9.17, 15) is 4.79 Å². The van der Waals surface area contributed by atoms with E-state index >= 15 is 0 Å². The lowest BCUT2D eigenvalue weighted by Gasteiger charge is -2.23. The lowest BCUT2D eigenvalue weighted by Crippen LogP contribution is -2.32. The summed E-state index contributed by atoms with van der Waals surface area (Å²) in [5.41, 5.74) is 1.21. The Kier molecular flexibility index (Phi) is 5.45. The SMILES string of the molecule is CC(CC(=O)O)N(C)CCc1ccc(Cl)cc1. The van der Waals surface area contributed by atoms with E-state index in [1.807, 2.05) is 38.2 Å². The van der Waals surface area contributed by atoms with Gasteiger partial charge in [-0.05, 0) is 38.1 Å². The van der Waals surface area contributed by atoms with Crippen molar-refractivity contribution < 1.29 is 9.90 Å². The zero-order valence-corrected chi connectivity index (χ0v) is 10.9. The van der Waals surface area contributed by atoms with Gasteiger partial charge in [-0.2, -0.15) is 0 Å². The normalized spacial score (nSPS) is 12.7. The summed E-state index contributed by atoms with van der Waals surface area (Å²) in [5, 5.41) is 9.44. The van der Waals surface area contributed by atoms with Crippen LogP contribution in [0.15, 0.2) is 24.3 Å². The Morgan fingerprint density at radius 3 is 2.53 bits per heavy atom. The van der Waals surface area contributed by atoms with Crippen LogP contribution in [0.1, 0.15) is 18.9 Å².